The smallest absolute Gasteiger partial charge is 0.273 e. The van der Waals surface area contributed by atoms with E-state index < -0.39 is 10.8 Å². The summed E-state index contributed by atoms with van der Waals surface area (Å²) in [5.41, 5.74) is 2.69. The van der Waals surface area contributed by atoms with Crippen LogP contribution in [0.1, 0.15) is 21.5 Å². The third kappa shape index (κ3) is 2.60. The third-order valence-electron chi connectivity index (χ3n) is 4.16. The Hall–Kier alpha value is -3.22. The average Bonchev–Trinajstić information content (AvgIpc) is 2.81. The molecule has 0 unspecified atom stereocenters. The summed E-state index contributed by atoms with van der Waals surface area (Å²) in [7, 11) is 1.71. The van der Waals surface area contributed by atoms with Gasteiger partial charge in [0.25, 0.3) is 11.6 Å². The molecule has 2 aromatic rings. The average molecular weight is 325 g/mol. The van der Waals surface area contributed by atoms with Gasteiger partial charge in [0, 0.05) is 35.6 Å². The molecule has 7 heteroatoms. The highest BCUT2D eigenvalue weighted by molar-refractivity contribution is 6.07. The van der Waals surface area contributed by atoms with Crippen molar-refractivity contribution in [2.24, 2.45) is 0 Å². The number of carbonyl (C=O) groups excluding carboxylic acids is 2. The highest BCUT2D eigenvalue weighted by Crippen LogP contribution is 2.30. The molecule has 0 atom stereocenters. The molecule has 3 rings (SSSR count). The summed E-state index contributed by atoms with van der Waals surface area (Å²) >= 11 is 0. The summed E-state index contributed by atoms with van der Waals surface area (Å²) in [5, 5.41) is 13.7. The molecule has 1 aliphatic heterocycles. The van der Waals surface area contributed by atoms with E-state index in [-0.39, 0.29) is 17.2 Å². The first kappa shape index (κ1) is 15.7. The monoisotopic (exact) mass is 325 g/mol. The summed E-state index contributed by atoms with van der Waals surface area (Å²) < 4.78 is 0. The van der Waals surface area contributed by atoms with Crippen LogP contribution in [-0.4, -0.2) is 23.8 Å². The summed E-state index contributed by atoms with van der Waals surface area (Å²) in [6, 6.07) is 9.62. The van der Waals surface area contributed by atoms with Crippen molar-refractivity contribution in [2.75, 3.05) is 17.3 Å². The number of nitro groups is 1. The third-order valence-corrected chi connectivity index (χ3v) is 4.16. The number of anilines is 2. The fourth-order valence-electron chi connectivity index (χ4n) is 2.81. The van der Waals surface area contributed by atoms with Crippen LogP contribution in [0.3, 0.4) is 0 Å². The quantitative estimate of drug-likeness (QED) is 0.693. The fourth-order valence-corrected chi connectivity index (χ4v) is 2.81. The number of fused-ring (bicyclic) bond motifs is 1. The van der Waals surface area contributed by atoms with Crippen LogP contribution in [0.2, 0.25) is 0 Å². The van der Waals surface area contributed by atoms with E-state index in [2.05, 4.69) is 5.32 Å². The summed E-state index contributed by atoms with van der Waals surface area (Å²) in [6.07, 6.45) is 0.297. The molecule has 0 saturated carbocycles. The van der Waals surface area contributed by atoms with Gasteiger partial charge in [-0.25, -0.2) is 0 Å². The van der Waals surface area contributed by atoms with Crippen molar-refractivity contribution in [1.29, 1.82) is 0 Å². The van der Waals surface area contributed by atoms with Gasteiger partial charge in [0.2, 0.25) is 5.91 Å². The van der Waals surface area contributed by atoms with E-state index in [1.54, 1.807) is 43.1 Å². The highest BCUT2D eigenvalue weighted by atomic mass is 16.6. The Kier molecular flexibility index (Phi) is 3.76. The molecule has 7 nitrogen and oxygen atoms in total. The number of hydrogen-bond acceptors (Lipinski definition) is 4. The van der Waals surface area contributed by atoms with Crippen LogP contribution in [-0.2, 0) is 11.2 Å². The van der Waals surface area contributed by atoms with E-state index in [1.165, 1.54) is 12.1 Å². The van der Waals surface area contributed by atoms with Gasteiger partial charge >= 0.3 is 0 Å². The molecular formula is C17H15N3O4. The van der Waals surface area contributed by atoms with Crippen LogP contribution in [0.4, 0.5) is 17.1 Å². The molecule has 0 radical (unpaired) electrons. The van der Waals surface area contributed by atoms with Crippen molar-refractivity contribution in [2.45, 2.75) is 13.3 Å². The van der Waals surface area contributed by atoms with Crippen molar-refractivity contribution in [3.8, 4) is 0 Å². The zero-order valence-corrected chi connectivity index (χ0v) is 13.2. The molecule has 0 aliphatic carbocycles. The van der Waals surface area contributed by atoms with Crippen molar-refractivity contribution < 1.29 is 14.5 Å². The van der Waals surface area contributed by atoms with Crippen LogP contribution in [0, 0.1) is 17.0 Å². The molecule has 24 heavy (non-hydrogen) atoms. The number of hydrogen-bond donors (Lipinski definition) is 1. The number of nitrogens with zero attached hydrogens (tertiary/aromatic N) is 2. The number of nitro benzene ring substituents is 1. The molecular weight excluding hydrogens is 310 g/mol. The lowest BCUT2D eigenvalue weighted by Crippen LogP contribution is -2.20. The van der Waals surface area contributed by atoms with Gasteiger partial charge in [-0.15, -0.1) is 0 Å². The second-order valence-electron chi connectivity index (χ2n) is 5.63. The lowest BCUT2D eigenvalue weighted by atomic mass is 10.1. The maximum absolute atomic E-state index is 12.4. The van der Waals surface area contributed by atoms with Crippen molar-refractivity contribution in [3.05, 3.63) is 63.2 Å². The number of nitrogens with one attached hydrogen (secondary N) is 1. The number of likely N-dealkylation sites (N-methyl/N-ethyl adjacent to an activating group) is 1. The normalized spacial score (nSPS) is 12.9. The fraction of sp³-hybridized carbons (Fsp3) is 0.176. The zero-order chi connectivity index (χ0) is 17.4. The predicted octanol–water partition coefficient (Wildman–Crippen LogP) is 2.67. The van der Waals surface area contributed by atoms with Gasteiger partial charge in [-0.1, -0.05) is 6.07 Å². The van der Waals surface area contributed by atoms with Crippen LogP contribution in [0.25, 0.3) is 0 Å². The summed E-state index contributed by atoms with van der Waals surface area (Å²) in [6.45, 7) is 1.55. The second-order valence-corrected chi connectivity index (χ2v) is 5.63. The van der Waals surface area contributed by atoms with Gasteiger partial charge < -0.3 is 10.2 Å². The Morgan fingerprint density at radius 1 is 1.29 bits per heavy atom. The number of carbonyl (C=O) groups is 2. The minimum Gasteiger partial charge on any atom is -0.322 e. The largest absolute Gasteiger partial charge is 0.322 e. The molecule has 0 saturated heterocycles. The molecule has 1 heterocycles. The molecule has 0 spiro atoms. The molecule has 1 aliphatic rings. The summed E-state index contributed by atoms with van der Waals surface area (Å²) in [5.74, 6) is -0.420. The van der Waals surface area contributed by atoms with Gasteiger partial charge in [-0.05, 0) is 36.8 Å². The Morgan fingerprint density at radius 2 is 2.04 bits per heavy atom. The van der Waals surface area contributed by atoms with Crippen LogP contribution < -0.4 is 10.2 Å². The predicted molar refractivity (Wildman–Crippen MR) is 89.3 cm³/mol. The molecule has 0 fully saturated rings. The van der Waals surface area contributed by atoms with Crippen LogP contribution in [0.15, 0.2) is 36.4 Å². The number of amides is 2. The lowest BCUT2D eigenvalue weighted by molar-refractivity contribution is -0.385. The van der Waals surface area contributed by atoms with Gasteiger partial charge in [0.1, 0.15) is 0 Å². The van der Waals surface area contributed by atoms with Gasteiger partial charge in [-0.2, -0.15) is 0 Å². The zero-order valence-electron chi connectivity index (χ0n) is 13.2. The van der Waals surface area contributed by atoms with Crippen LogP contribution in [0.5, 0.6) is 0 Å². The van der Waals surface area contributed by atoms with Crippen molar-refractivity contribution in [3.63, 3.8) is 0 Å². The molecule has 0 aromatic heterocycles. The van der Waals surface area contributed by atoms with Gasteiger partial charge in [-0.3, -0.25) is 19.7 Å². The molecule has 122 valence electrons. The number of benzene rings is 2. The maximum atomic E-state index is 12.4. The Balaban J connectivity index is 1.87. The number of rotatable bonds is 3. The topological polar surface area (TPSA) is 92.6 Å². The Morgan fingerprint density at radius 3 is 2.75 bits per heavy atom. The first-order chi connectivity index (χ1) is 11.4. The highest BCUT2D eigenvalue weighted by Gasteiger charge is 2.24. The minimum atomic E-state index is -0.511. The standard InChI is InChI=1S/C17H15N3O4/c1-10-13(4-3-5-14(10)20(23)24)17(22)18-12-6-7-15-11(8-12)9-16(21)19(15)2/h3-8H,9H2,1-2H3,(H,18,22). The SMILES string of the molecule is Cc1c(C(=O)Nc2ccc3c(c2)CC(=O)N3C)cccc1[N+](=O)[O-]. The maximum Gasteiger partial charge on any atom is 0.273 e. The van der Waals surface area contributed by atoms with Gasteiger partial charge in [0.15, 0.2) is 0 Å². The first-order valence-electron chi connectivity index (χ1n) is 7.33. The van der Waals surface area contributed by atoms with E-state index in [0.717, 1.165) is 11.3 Å². The van der Waals surface area contributed by atoms with Crippen molar-refractivity contribution >= 4 is 28.9 Å². The molecule has 2 aromatic carbocycles. The molecule has 0 bridgehead atoms. The second kappa shape index (κ2) is 5.77. The summed E-state index contributed by atoms with van der Waals surface area (Å²) in [4.78, 5) is 36.2. The Labute approximate surface area is 138 Å². The van der Waals surface area contributed by atoms with Gasteiger partial charge in [0.05, 0.1) is 11.3 Å². The van der Waals surface area contributed by atoms with E-state index in [1.807, 2.05) is 0 Å². The molecule has 2 amide bonds. The van der Waals surface area contributed by atoms with Crippen LogP contribution >= 0.6 is 0 Å². The molecule has 1 N–H and O–H groups in total. The van der Waals surface area contributed by atoms with E-state index >= 15 is 0 Å². The van der Waals surface area contributed by atoms with E-state index in [0.29, 0.717) is 17.7 Å². The van der Waals surface area contributed by atoms with E-state index in [9.17, 15) is 19.7 Å². The first-order valence-corrected chi connectivity index (χ1v) is 7.33. The van der Waals surface area contributed by atoms with E-state index in [4.69, 9.17) is 0 Å². The van der Waals surface area contributed by atoms with Crippen molar-refractivity contribution in [1.82, 2.24) is 0 Å². The Bertz CT molecular complexity index is 876. The lowest BCUT2D eigenvalue weighted by Gasteiger charge is -2.12. The minimum absolute atomic E-state index is 0.00278.